The quantitative estimate of drug-likeness (QED) is 0.323. The second-order valence-corrected chi connectivity index (χ2v) is 8.68. The second kappa shape index (κ2) is 11.6. The molecule has 8 nitrogen and oxygen atoms in total. The summed E-state index contributed by atoms with van der Waals surface area (Å²) in [5.74, 6) is -0.515. The van der Waals surface area contributed by atoms with Crippen LogP contribution in [0.25, 0.3) is 11.3 Å². The summed E-state index contributed by atoms with van der Waals surface area (Å²) in [5, 5.41) is 9.31. The highest BCUT2D eigenvalue weighted by molar-refractivity contribution is 5.95. The molecule has 0 saturated carbocycles. The molecule has 1 atom stereocenters. The van der Waals surface area contributed by atoms with Crippen LogP contribution in [-0.4, -0.2) is 46.0 Å². The Balaban J connectivity index is 1.53. The zero-order valence-corrected chi connectivity index (χ0v) is 19.5. The molecule has 0 radical (unpaired) electrons. The Bertz CT molecular complexity index is 1160. The van der Waals surface area contributed by atoms with Crippen molar-refractivity contribution in [2.24, 2.45) is 5.73 Å². The maximum atomic E-state index is 12.5. The van der Waals surface area contributed by atoms with Gasteiger partial charge in [0.25, 0.3) is 5.91 Å². The van der Waals surface area contributed by atoms with E-state index in [0.717, 1.165) is 49.2 Å². The second-order valence-electron chi connectivity index (χ2n) is 8.68. The molecule has 35 heavy (non-hydrogen) atoms. The van der Waals surface area contributed by atoms with E-state index in [4.69, 9.17) is 10.5 Å². The number of carbonyl (C=O) groups excluding carboxylic acids is 2. The first-order valence-corrected chi connectivity index (χ1v) is 11.8. The van der Waals surface area contributed by atoms with Crippen molar-refractivity contribution >= 4 is 11.8 Å². The number of benzene rings is 2. The number of primary amides is 1. The number of nitrogens with two attached hydrogens (primary N) is 1. The summed E-state index contributed by atoms with van der Waals surface area (Å²) in [6.07, 6.45) is 5.06. The number of hydroxylamine groups is 1. The van der Waals surface area contributed by atoms with Crippen molar-refractivity contribution in [2.75, 3.05) is 13.1 Å². The van der Waals surface area contributed by atoms with Crippen LogP contribution in [0, 0.1) is 0 Å². The third-order valence-electron chi connectivity index (χ3n) is 6.30. The summed E-state index contributed by atoms with van der Waals surface area (Å²) in [4.78, 5) is 31.1. The Morgan fingerprint density at radius 2 is 1.83 bits per heavy atom. The number of amides is 2. The fraction of sp³-hybridized carbons (Fsp3) is 0.296. The van der Waals surface area contributed by atoms with Crippen molar-refractivity contribution < 1.29 is 19.5 Å². The maximum absolute atomic E-state index is 12.5. The van der Waals surface area contributed by atoms with Crippen LogP contribution in [0.3, 0.4) is 0 Å². The van der Waals surface area contributed by atoms with Crippen molar-refractivity contribution in [2.45, 2.75) is 38.3 Å². The van der Waals surface area contributed by atoms with E-state index in [9.17, 15) is 14.8 Å². The molecule has 1 aliphatic heterocycles. The van der Waals surface area contributed by atoms with Crippen LogP contribution in [0.2, 0.25) is 0 Å². The van der Waals surface area contributed by atoms with E-state index in [2.05, 4.69) is 4.98 Å². The zero-order chi connectivity index (χ0) is 24.6. The SMILES string of the molecule is NC(=O)c1ccc(OCc2ccnc(-c3ccccc3)c2)cc1C[C@@H](C(=O)NO)N1CCCCC1. The number of hydrogen-bond acceptors (Lipinski definition) is 6. The number of hydrogen-bond donors (Lipinski definition) is 3. The monoisotopic (exact) mass is 474 g/mol. The summed E-state index contributed by atoms with van der Waals surface area (Å²) in [6, 6.07) is 18.2. The fourth-order valence-electron chi connectivity index (χ4n) is 4.47. The minimum Gasteiger partial charge on any atom is -0.489 e. The molecule has 182 valence electrons. The number of pyridine rings is 1. The summed E-state index contributed by atoms with van der Waals surface area (Å²) in [7, 11) is 0. The lowest BCUT2D eigenvalue weighted by Crippen LogP contribution is -2.49. The Morgan fingerprint density at radius 1 is 1.06 bits per heavy atom. The third kappa shape index (κ3) is 6.23. The van der Waals surface area contributed by atoms with E-state index in [1.165, 1.54) is 0 Å². The number of aromatic nitrogens is 1. The molecule has 4 N–H and O–H groups in total. The summed E-state index contributed by atoms with van der Waals surface area (Å²) < 4.78 is 6.03. The Labute approximate surface area is 204 Å². The van der Waals surface area contributed by atoms with Gasteiger partial charge in [0, 0.05) is 17.3 Å². The van der Waals surface area contributed by atoms with Crippen LogP contribution in [0.4, 0.5) is 0 Å². The lowest BCUT2D eigenvalue weighted by molar-refractivity contribution is -0.135. The van der Waals surface area contributed by atoms with E-state index in [-0.39, 0.29) is 6.42 Å². The maximum Gasteiger partial charge on any atom is 0.261 e. The number of rotatable bonds is 9. The minimum absolute atomic E-state index is 0.231. The van der Waals surface area contributed by atoms with Gasteiger partial charge in [0.1, 0.15) is 12.4 Å². The van der Waals surface area contributed by atoms with Gasteiger partial charge in [-0.2, -0.15) is 0 Å². The highest BCUT2D eigenvalue weighted by Crippen LogP contribution is 2.24. The van der Waals surface area contributed by atoms with Crippen LogP contribution >= 0.6 is 0 Å². The highest BCUT2D eigenvalue weighted by Gasteiger charge is 2.28. The largest absolute Gasteiger partial charge is 0.489 e. The van der Waals surface area contributed by atoms with Gasteiger partial charge in [-0.1, -0.05) is 36.8 Å². The first-order chi connectivity index (χ1) is 17.0. The smallest absolute Gasteiger partial charge is 0.261 e. The third-order valence-corrected chi connectivity index (χ3v) is 6.30. The van der Waals surface area contributed by atoms with Crippen LogP contribution in [0.1, 0.15) is 40.7 Å². The van der Waals surface area contributed by atoms with E-state index in [1.54, 1.807) is 29.9 Å². The van der Waals surface area contributed by atoms with Crippen molar-refractivity contribution in [1.82, 2.24) is 15.4 Å². The van der Waals surface area contributed by atoms with Gasteiger partial charge in [0.2, 0.25) is 5.91 Å². The molecule has 0 spiro atoms. The lowest BCUT2D eigenvalue weighted by atomic mass is 9.96. The lowest BCUT2D eigenvalue weighted by Gasteiger charge is -2.33. The molecule has 4 rings (SSSR count). The predicted octanol–water partition coefficient (Wildman–Crippen LogP) is 3.33. The normalized spacial score (nSPS) is 14.8. The average Bonchev–Trinajstić information content (AvgIpc) is 2.91. The molecular weight excluding hydrogens is 444 g/mol. The van der Waals surface area contributed by atoms with Gasteiger partial charge in [-0.3, -0.25) is 24.7 Å². The Morgan fingerprint density at radius 3 is 2.54 bits per heavy atom. The Kier molecular flexibility index (Phi) is 8.07. The molecule has 2 aromatic carbocycles. The molecule has 1 aromatic heterocycles. The molecule has 8 heteroatoms. The highest BCUT2D eigenvalue weighted by atomic mass is 16.5. The molecular formula is C27H30N4O4. The summed E-state index contributed by atoms with van der Waals surface area (Å²) in [5.41, 5.74) is 11.2. The molecule has 0 aliphatic carbocycles. The van der Waals surface area contributed by atoms with Gasteiger partial charge < -0.3 is 10.5 Å². The number of carbonyl (C=O) groups is 2. The van der Waals surface area contributed by atoms with E-state index in [1.807, 2.05) is 47.4 Å². The number of ether oxygens (including phenoxy) is 1. The standard InChI is InChI=1S/C27H30N4O4/c28-26(32)23-10-9-22(16-21(23)17-25(27(33)30-34)31-13-5-2-6-14-31)35-18-19-11-12-29-24(15-19)20-7-3-1-4-8-20/h1,3-4,7-12,15-16,25,34H,2,5-6,13-14,17-18H2,(H2,28,32)(H,30,33)/t25-/m0/s1. The topological polar surface area (TPSA) is 118 Å². The van der Waals surface area contributed by atoms with Gasteiger partial charge in [0.15, 0.2) is 0 Å². The molecule has 3 aromatic rings. The molecule has 1 aliphatic rings. The minimum atomic E-state index is -0.609. The molecule has 2 heterocycles. The van der Waals surface area contributed by atoms with Crippen molar-refractivity contribution in [3.05, 3.63) is 83.6 Å². The number of likely N-dealkylation sites (tertiary alicyclic amines) is 1. The molecule has 1 fully saturated rings. The van der Waals surface area contributed by atoms with Gasteiger partial charge >= 0.3 is 0 Å². The zero-order valence-electron chi connectivity index (χ0n) is 19.5. The van der Waals surface area contributed by atoms with Crippen LogP contribution < -0.4 is 16.0 Å². The predicted molar refractivity (Wildman–Crippen MR) is 132 cm³/mol. The van der Waals surface area contributed by atoms with E-state index >= 15 is 0 Å². The Hall–Kier alpha value is -3.75. The summed E-state index contributed by atoms with van der Waals surface area (Å²) >= 11 is 0. The van der Waals surface area contributed by atoms with Crippen molar-refractivity contribution in [1.29, 1.82) is 0 Å². The van der Waals surface area contributed by atoms with E-state index in [0.29, 0.717) is 23.5 Å². The number of nitrogens with zero attached hydrogens (tertiary/aromatic N) is 2. The number of nitrogens with one attached hydrogen (secondary N) is 1. The van der Waals surface area contributed by atoms with Crippen LogP contribution in [0.5, 0.6) is 5.75 Å². The van der Waals surface area contributed by atoms with Crippen molar-refractivity contribution in [3.8, 4) is 17.0 Å². The molecule has 0 bridgehead atoms. The van der Waals surface area contributed by atoms with Crippen LogP contribution in [-0.2, 0) is 17.8 Å². The van der Waals surface area contributed by atoms with Crippen molar-refractivity contribution in [3.63, 3.8) is 0 Å². The first-order valence-electron chi connectivity index (χ1n) is 11.8. The van der Waals surface area contributed by atoms with Gasteiger partial charge in [0.05, 0.1) is 11.7 Å². The molecule has 0 unspecified atom stereocenters. The summed E-state index contributed by atoms with van der Waals surface area (Å²) in [6.45, 7) is 1.82. The fourth-order valence-corrected chi connectivity index (χ4v) is 4.47. The van der Waals surface area contributed by atoms with E-state index < -0.39 is 17.9 Å². The molecule has 1 saturated heterocycles. The van der Waals surface area contributed by atoms with Gasteiger partial charge in [-0.15, -0.1) is 0 Å². The number of piperidine rings is 1. The average molecular weight is 475 g/mol. The molecule has 2 amide bonds. The van der Waals surface area contributed by atoms with Gasteiger partial charge in [-0.05, 0) is 73.8 Å². The van der Waals surface area contributed by atoms with Gasteiger partial charge in [-0.25, -0.2) is 5.48 Å². The van der Waals surface area contributed by atoms with Crippen LogP contribution in [0.15, 0.2) is 66.9 Å². The first kappa shape index (κ1) is 24.4.